The van der Waals surface area contributed by atoms with Crippen LogP contribution in [-0.2, 0) is 0 Å². The van der Waals surface area contributed by atoms with Gasteiger partial charge in [0.25, 0.3) is 0 Å². The average molecular weight is 262 g/mol. The Hall–Kier alpha value is -1.60. The molecule has 2 heterocycles. The molecule has 1 aliphatic rings. The number of nitrogens with zero attached hydrogens (tertiary/aromatic N) is 1. The fourth-order valence-electron chi connectivity index (χ4n) is 1.73. The maximum atomic E-state index is 11.9. The van der Waals surface area contributed by atoms with Crippen LogP contribution in [0.4, 0.5) is 4.39 Å². The Balaban J connectivity index is 1.80. The molecule has 4 heteroatoms. The third-order valence-corrected chi connectivity index (χ3v) is 3.01. The average Bonchev–Trinajstić information content (AvgIpc) is 2.37. The molecule has 1 atom stereocenters. The van der Waals surface area contributed by atoms with Gasteiger partial charge in [-0.05, 0) is 31.9 Å². The summed E-state index contributed by atoms with van der Waals surface area (Å²) in [5.74, 6) is 6.81. The van der Waals surface area contributed by atoms with E-state index in [-0.39, 0.29) is 6.67 Å². The zero-order valence-corrected chi connectivity index (χ0v) is 11.0. The van der Waals surface area contributed by atoms with Crippen LogP contribution in [0.2, 0.25) is 0 Å². The lowest BCUT2D eigenvalue weighted by atomic mass is 10.1. The first-order valence-electron chi connectivity index (χ1n) is 6.74. The molecule has 1 unspecified atom stereocenters. The van der Waals surface area contributed by atoms with Crippen molar-refractivity contribution in [3.05, 3.63) is 24.0 Å². The highest BCUT2D eigenvalue weighted by molar-refractivity contribution is 5.36. The number of nitrogens with one attached hydrogen (secondary N) is 1. The van der Waals surface area contributed by atoms with Gasteiger partial charge in [0.15, 0.2) is 0 Å². The van der Waals surface area contributed by atoms with Gasteiger partial charge < -0.3 is 10.1 Å². The first-order chi connectivity index (χ1) is 9.38. The van der Waals surface area contributed by atoms with E-state index in [9.17, 15) is 4.39 Å². The SMILES string of the molecule is FCCCCC#Cc1cncc(OCC2CCN2)c1. The van der Waals surface area contributed by atoms with Crippen molar-refractivity contribution in [1.29, 1.82) is 0 Å². The Morgan fingerprint density at radius 1 is 1.42 bits per heavy atom. The molecule has 0 radical (unpaired) electrons. The maximum absolute atomic E-state index is 11.9. The van der Waals surface area contributed by atoms with Crippen molar-refractivity contribution < 1.29 is 9.13 Å². The van der Waals surface area contributed by atoms with Crippen LogP contribution in [-0.4, -0.2) is 30.9 Å². The lowest BCUT2D eigenvalue weighted by molar-refractivity contribution is 0.217. The van der Waals surface area contributed by atoms with Gasteiger partial charge in [-0.25, -0.2) is 0 Å². The summed E-state index contributed by atoms with van der Waals surface area (Å²) in [6.07, 6.45) is 6.71. The van der Waals surface area contributed by atoms with Crippen LogP contribution < -0.4 is 10.1 Å². The molecule has 1 N–H and O–H groups in total. The fourth-order valence-corrected chi connectivity index (χ4v) is 1.73. The molecule has 1 saturated heterocycles. The topological polar surface area (TPSA) is 34.1 Å². The van der Waals surface area contributed by atoms with Gasteiger partial charge in [0.1, 0.15) is 12.4 Å². The molecule has 0 amide bonds. The first kappa shape index (κ1) is 13.8. The third kappa shape index (κ3) is 4.88. The number of pyridine rings is 1. The molecule has 2 rings (SSSR count). The molecule has 1 aromatic rings. The molecular formula is C15H19FN2O. The van der Waals surface area contributed by atoms with Gasteiger partial charge in [-0.2, -0.15) is 0 Å². The van der Waals surface area contributed by atoms with Gasteiger partial charge in [-0.15, -0.1) is 0 Å². The molecular weight excluding hydrogens is 243 g/mol. The van der Waals surface area contributed by atoms with E-state index in [0.29, 0.717) is 19.1 Å². The highest BCUT2D eigenvalue weighted by atomic mass is 19.1. The van der Waals surface area contributed by atoms with Crippen LogP contribution in [0.25, 0.3) is 0 Å². The minimum absolute atomic E-state index is 0.262. The summed E-state index contributed by atoms with van der Waals surface area (Å²) in [5.41, 5.74) is 0.847. The van der Waals surface area contributed by atoms with Gasteiger partial charge in [0.2, 0.25) is 0 Å². The minimum atomic E-state index is -0.262. The number of alkyl halides is 1. The molecule has 1 aromatic heterocycles. The number of unbranched alkanes of at least 4 members (excludes halogenated alkanes) is 2. The third-order valence-electron chi connectivity index (χ3n) is 3.01. The Labute approximate surface area is 113 Å². The van der Waals surface area contributed by atoms with Crippen LogP contribution in [0.15, 0.2) is 18.5 Å². The predicted molar refractivity (Wildman–Crippen MR) is 72.8 cm³/mol. The van der Waals surface area contributed by atoms with Crippen LogP contribution in [0.5, 0.6) is 5.75 Å². The second kappa shape index (κ2) is 7.75. The zero-order chi connectivity index (χ0) is 13.3. The standard InChI is InChI=1S/C15H19FN2O/c16-7-4-2-1-3-5-13-9-15(11-17-10-13)19-12-14-6-8-18-14/h9-11,14,18H,1-2,4,6-8,12H2. The Morgan fingerprint density at radius 2 is 2.32 bits per heavy atom. The predicted octanol–water partition coefficient (Wildman–Crippen LogP) is 2.31. The fraction of sp³-hybridized carbons (Fsp3) is 0.533. The molecule has 0 saturated carbocycles. The van der Waals surface area contributed by atoms with Crippen molar-refractivity contribution in [3.63, 3.8) is 0 Å². The number of ether oxygens (including phenoxy) is 1. The van der Waals surface area contributed by atoms with Crippen LogP contribution in [0.3, 0.4) is 0 Å². The largest absolute Gasteiger partial charge is 0.490 e. The summed E-state index contributed by atoms with van der Waals surface area (Å²) >= 11 is 0. The molecule has 19 heavy (non-hydrogen) atoms. The summed E-state index contributed by atoms with van der Waals surface area (Å²) in [6, 6.07) is 2.36. The summed E-state index contributed by atoms with van der Waals surface area (Å²) in [5, 5.41) is 3.28. The van der Waals surface area contributed by atoms with Crippen molar-refractivity contribution in [2.24, 2.45) is 0 Å². The van der Waals surface area contributed by atoms with E-state index in [4.69, 9.17) is 4.74 Å². The first-order valence-corrected chi connectivity index (χ1v) is 6.74. The van der Waals surface area contributed by atoms with Crippen molar-refractivity contribution in [3.8, 4) is 17.6 Å². The highest BCUT2D eigenvalue weighted by Crippen LogP contribution is 2.12. The lowest BCUT2D eigenvalue weighted by Gasteiger charge is -2.27. The van der Waals surface area contributed by atoms with Gasteiger partial charge in [0.05, 0.1) is 12.9 Å². The van der Waals surface area contributed by atoms with Crippen LogP contribution in [0.1, 0.15) is 31.2 Å². The molecule has 3 nitrogen and oxygen atoms in total. The molecule has 0 spiro atoms. The summed E-state index contributed by atoms with van der Waals surface area (Å²) in [4.78, 5) is 4.11. The van der Waals surface area contributed by atoms with Gasteiger partial charge in [-0.3, -0.25) is 9.37 Å². The smallest absolute Gasteiger partial charge is 0.138 e. The van der Waals surface area contributed by atoms with E-state index in [1.807, 2.05) is 6.07 Å². The van der Waals surface area contributed by atoms with Crippen molar-refractivity contribution in [1.82, 2.24) is 10.3 Å². The normalized spacial score (nSPS) is 17.2. The van der Waals surface area contributed by atoms with Gasteiger partial charge >= 0.3 is 0 Å². The van der Waals surface area contributed by atoms with E-state index in [1.165, 1.54) is 6.42 Å². The number of rotatable bonds is 6. The molecule has 102 valence electrons. The van der Waals surface area contributed by atoms with Gasteiger partial charge in [0, 0.05) is 24.2 Å². The molecule has 0 bridgehead atoms. The second-order valence-corrected chi connectivity index (χ2v) is 4.61. The highest BCUT2D eigenvalue weighted by Gasteiger charge is 2.16. The van der Waals surface area contributed by atoms with E-state index in [1.54, 1.807) is 12.4 Å². The van der Waals surface area contributed by atoms with Crippen molar-refractivity contribution in [2.75, 3.05) is 19.8 Å². The monoisotopic (exact) mass is 262 g/mol. The molecule has 0 aromatic carbocycles. The lowest BCUT2D eigenvalue weighted by Crippen LogP contribution is -2.46. The summed E-state index contributed by atoms with van der Waals surface area (Å²) in [6.45, 7) is 1.49. The number of hydrogen-bond acceptors (Lipinski definition) is 3. The van der Waals surface area contributed by atoms with Gasteiger partial charge in [-0.1, -0.05) is 11.8 Å². The van der Waals surface area contributed by atoms with E-state index in [0.717, 1.165) is 30.7 Å². The summed E-state index contributed by atoms with van der Waals surface area (Å²) in [7, 11) is 0. The quantitative estimate of drug-likeness (QED) is 0.631. The van der Waals surface area contributed by atoms with Crippen molar-refractivity contribution >= 4 is 0 Å². The molecule has 1 fully saturated rings. The van der Waals surface area contributed by atoms with E-state index >= 15 is 0 Å². The second-order valence-electron chi connectivity index (χ2n) is 4.61. The van der Waals surface area contributed by atoms with Crippen LogP contribution in [0, 0.1) is 11.8 Å². The zero-order valence-electron chi connectivity index (χ0n) is 11.0. The Bertz CT molecular complexity index is 449. The Kier molecular flexibility index (Phi) is 5.64. The number of hydrogen-bond donors (Lipinski definition) is 1. The Morgan fingerprint density at radius 3 is 3.05 bits per heavy atom. The molecule has 1 aliphatic heterocycles. The number of aromatic nitrogens is 1. The number of halogens is 1. The van der Waals surface area contributed by atoms with E-state index < -0.39 is 0 Å². The molecule has 0 aliphatic carbocycles. The minimum Gasteiger partial charge on any atom is -0.490 e. The van der Waals surface area contributed by atoms with Crippen LogP contribution >= 0.6 is 0 Å². The maximum Gasteiger partial charge on any atom is 0.138 e. The van der Waals surface area contributed by atoms with Crippen molar-refractivity contribution in [2.45, 2.75) is 31.7 Å². The summed E-state index contributed by atoms with van der Waals surface area (Å²) < 4.78 is 17.6. The van der Waals surface area contributed by atoms with E-state index in [2.05, 4.69) is 22.1 Å².